The lowest BCUT2D eigenvalue weighted by Gasteiger charge is -2.11. The highest BCUT2D eigenvalue weighted by Gasteiger charge is 2.17. The van der Waals surface area contributed by atoms with Gasteiger partial charge in [-0.3, -0.25) is 4.79 Å². The molecule has 4 rings (SSSR count). The molecule has 4 aromatic rings. The van der Waals surface area contributed by atoms with Crippen LogP contribution in [0.5, 0.6) is 11.6 Å². The number of halogens is 1. The number of amides is 1. The average Bonchev–Trinajstić information content (AvgIpc) is 3.17. The molecule has 1 amide bonds. The lowest BCUT2D eigenvalue weighted by atomic mass is 10.2. The fourth-order valence-corrected chi connectivity index (χ4v) is 3.10. The molecule has 0 spiro atoms. The van der Waals surface area contributed by atoms with Crippen molar-refractivity contribution in [1.29, 1.82) is 5.26 Å². The molecule has 31 heavy (non-hydrogen) atoms. The predicted molar refractivity (Wildman–Crippen MR) is 113 cm³/mol. The van der Waals surface area contributed by atoms with Crippen molar-refractivity contribution in [3.8, 4) is 17.7 Å². The Kier molecular flexibility index (Phi) is 5.20. The van der Waals surface area contributed by atoms with Crippen molar-refractivity contribution in [3.63, 3.8) is 0 Å². The molecule has 2 aromatic heterocycles. The minimum absolute atomic E-state index is 0.0163. The van der Waals surface area contributed by atoms with Gasteiger partial charge >= 0.3 is 0 Å². The fourth-order valence-electron chi connectivity index (χ4n) is 3.10. The number of aromatic amines is 1. The summed E-state index contributed by atoms with van der Waals surface area (Å²) in [6, 6.07) is 13.5. The number of hydrogen-bond acceptors (Lipinski definition) is 6. The number of benzene rings is 2. The normalized spacial score (nSPS) is 10.5. The van der Waals surface area contributed by atoms with Crippen molar-refractivity contribution in [2.45, 2.75) is 6.92 Å². The number of anilines is 2. The molecule has 0 saturated carbocycles. The van der Waals surface area contributed by atoms with Gasteiger partial charge in [0.15, 0.2) is 22.9 Å². The highest BCUT2D eigenvalue weighted by Crippen LogP contribution is 2.32. The van der Waals surface area contributed by atoms with Gasteiger partial charge in [-0.05, 0) is 49.4 Å². The van der Waals surface area contributed by atoms with Crippen LogP contribution in [0.4, 0.5) is 15.9 Å². The maximum atomic E-state index is 14.9. The maximum absolute atomic E-state index is 14.9. The van der Waals surface area contributed by atoms with Crippen molar-refractivity contribution >= 4 is 28.3 Å². The third-order valence-electron chi connectivity index (χ3n) is 4.60. The first-order chi connectivity index (χ1) is 15.0. The Bertz CT molecular complexity index is 1320. The summed E-state index contributed by atoms with van der Waals surface area (Å²) >= 11 is 0. The van der Waals surface area contributed by atoms with Crippen LogP contribution >= 0.6 is 0 Å². The molecule has 0 bridgehead atoms. The molecule has 8 nitrogen and oxygen atoms in total. The Hall–Kier alpha value is -4.45. The first-order valence-electron chi connectivity index (χ1n) is 9.30. The summed E-state index contributed by atoms with van der Waals surface area (Å²) in [6.07, 6.45) is 1.22. The first kappa shape index (κ1) is 19.8. The summed E-state index contributed by atoms with van der Waals surface area (Å²) in [6.45, 7) is 1.83. The minimum Gasteiger partial charge on any atom is -0.434 e. The Labute approximate surface area is 176 Å². The lowest BCUT2D eigenvalue weighted by Crippen LogP contribution is -2.17. The number of H-pyrrole nitrogens is 1. The zero-order valence-electron chi connectivity index (χ0n) is 16.7. The van der Waals surface area contributed by atoms with Crippen LogP contribution in [0.3, 0.4) is 0 Å². The molecule has 3 N–H and O–H groups in total. The summed E-state index contributed by atoms with van der Waals surface area (Å²) in [5.74, 6) is -0.698. The second-order valence-corrected chi connectivity index (χ2v) is 6.69. The number of rotatable bonds is 5. The summed E-state index contributed by atoms with van der Waals surface area (Å²) in [7, 11) is 1.55. The molecule has 0 atom stereocenters. The van der Waals surface area contributed by atoms with Gasteiger partial charge in [0.2, 0.25) is 5.88 Å². The van der Waals surface area contributed by atoms with E-state index >= 15 is 0 Å². The van der Waals surface area contributed by atoms with Crippen LogP contribution in [0.25, 0.3) is 10.9 Å². The number of ether oxygens (including phenoxy) is 1. The molecule has 0 unspecified atom stereocenters. The van der Waals surface area contributed by atoms with Crippen LogP contribution in [0, 0.1) is 24.1 Å². The smallest absolute Gasteiger partial charge is 0.251 e. The first-order valence-corrected chi connectivity index (χ1v) is 9.30. The van der Waals surface area contributed by atoms with Crippen molar-refractivity contribution in [1.82, 2.24) is 20.3 Å². The number of aromatic nitrogens is 3. The van der Waals surface area contributed by atoms with E-state index in [0.717, 1.165) is 5.69 Å². The molecule has 0 radical (unpaired) electrons. The minimum atomic E-state index is -0.552. The number of carbonyl (C=O) groups excluding carboxylic acids is 1. The van der Waals surface area contributed by atoms with Crippen LogP contribution < -0.4 is 15.4 Å². The maximum Gasteiger partial charge on any atom is 0.251 e. The molecule has 0 aliphatic heterocycles. The van der Waals surface area contributed by atoms with Gasteiger partial charge in [-0.15, -0.1) is 0 Å². The van der Waals surface area contributed by atoms with Crippen molar-refractivity contribution in [3.05, 3.63) is 71.4 Å². The zero-order valence-corrected chi connectivity index (χ0v) is 16.7. The molecular formula is C22H17FN6O2. The van der Waals surface area contributed by atoms with Crippen LogP contribution in [0.2, 0.25) is 0 Å². The monoisotopic (exact) mass is 416 g/mol. The van der Waals surface area contributed by atoms with Crippen LogP contribution in [0.15, 0.2) is 48.8 Å². The van der Waals surface area contributed by atoms with Crippen molar-refractivity contribution < 1.29 is 13.9 Å². The van der Waals surface area contributed by atoms with Gasteiger partial charge < -0.3 is 20.4 Å². The van der Waals surface area contributed by atoms with Gasteiger partial charge in [0, 0.05) is 34.9 Å². The Balaban J connectivity index is 1.64. The molecule has 2 aromatic carbocycles. The summed E-state index contributed by atoms with van der Waals surface area (Å²) < 4.78 is 20.5. The largest absolute Gasteiger partial charge is 0.434 e. The fraction of sp³-hybridized carbons (Fsp3) is 0.0909. The van der Waals surface area contributed by atoms with E-state index in [9.17, 15) is 14.4 Å². The summed E-state index contributed by atoms with van der Waals surface area (Å²) in [5.41, 5.74) is 2.57. The van der Waals surface area contributed by atoms with E-state index in [-0.39, 0.29) is 28.9 Å². The highest BCUT2D eigenvalue weighted by atomic mass is 19.1. The number of carbonyl (C=O) groups is 1. The van der Waals surface area contributed by atoms with Gasteiger partial charge in [-0.25, -0.2) is 14.4 Å². The number of hydrogen-bond donors (Lipinski definition) is 3. The van der Waals surface area contributed by atoms with E-state index in [4.69, 9.17) is 4.74 Å². The van der Waals surface area contributed by atoms with E-state index in [2.05, 4.69) is 25.6 Å². The quantitative estimate of drug-likeness (QED) is 0.450. The molecular weight excluding hydrogens is 399 g/mol. The molecule has 2 heterocycles. The SMILES string of the molecule is CNC(=O)c1ccc(Nc2ncnc(Oc3ccc4[nH]c(C)cc4c3F)c2C#N)cc1. The number of nitrogens with one attached hydrogen (secondary N) is 3. The topological polar surface area (TPSA) is 116 Å². The van der Waals surface area contributed by atoms with E-state index in [1.165, 1.54) is 12.4 Å². The number of fused-ring (bicyclic) bond motifs is 1. The van der Waals surface area contributed by atoms with E-state index in [1.807, 2.05) is 13.0 Å². The highest BCUT2D eigenvalue weighted by molar-refractivity contribution is 5.94. The third-order valence-corrected chi connectivity index (χ3v) is 4.60. The predicted octanol–water partition coefficient (Wildman–Crippen LogP) is 4.17. The summed E-state index contributed by atoms with van der Waals surface area (Å²) in [4.78, 5) is 22.8. The zero-order chi connectivity index (χ0) is 22.0. The van der Waals surface area contributed by atoms with Crippen molar-refractivity contribution in [2.24, 2.45) is 0 Å². The molecule has 0 aliphatic carbocycles. The van der Waals surface area contributed by atoms with Gasteiger partial charge in [-0.2, -0.15) is 5.26 Å². The number of aryl methyl sites for hydroxylation is 1. The van der Waals surface area contributed by atoms with Gasteiger partial charge in [0.25, 0.3) is 5.91 Å². The third kappa shape index (κ3) is 3.86. The van der Waals surface area contributed by atoms with Gasteiger partial charge in [-0.1, -0.05) is 0 Å². The Morgan fingerprint density at radius 2 is 1.97 bits per heavy atom. The van der Waals surface area contributed by atoms with E-state index in [0.29, 0.717) is 22.2 Å². The molecule has 0 aliphatic rings. The Morgan fingerprint density at radius 3 is 2.68 bits per heavy atom. The second kappa shape index (κ2) is 8.12. The van der Waals surface area contributed by atoms with Crippen LogP contribution in [0.1, 0.15) is 21.6 Å². The molecule has 154 valence electrons. The van der Waals surface area contributed by atoms with Crippen LogP contribution in [-0.4, -0.2) is 27.9 Å². The van der Waals surface area contributed by atoms with Gasteiger partial charge in [0.05, 0.1) is 0 Å². The van der Waals surface area contributed by atoms with E-state index < -0.39 is 5.82 Å². The number of nitrogens with zero attached hydrogens (tertiary/aromatic N) is 3. The lowest BCUT2D eigenvalue weighted by molar-refractivity contribution is 0.0963. The summed E-state index contributed by atoms with van der Waals surface area (Å²) in [5, 5.41) is 15.6. The van der Waals surface area contributed by atoms with Gasteiger partial charge in [0.1, 0.15) is 12.4 Å². The van der Waals surface area contributed by atoms with Crippen molar-refractivity contribution in [2.75, 3.05) is 12.4 Å². The standard InChI is InChI=1S/C22H17FN6O2/c1-12-9-15-17(28-12)7-8-18(19(15)23)31-22-16(10-24)20(26-11-27-22)29-14-5-3-13(4-6-14)21(30)25-2/h3-9,11,28H,1-2H3,(H,25,30)(H,26,27,29). The number of nitriles is 1. The average molecular weight is 416 g/mol. The van der Waals surface area contributed by atoms with E-state index in [1.54, 1.807) is 43.4 Å². The van der Waals surface area contributed by atoms with Crippen LogP contribution in [-0.2, 0) is 0 Å². The molecule has 9 heteroatoms. The second-order valence-electron chi connectivity index (χ2n) is 6.69. The molecule has 0 fully saturated rings. The molecule has 0 saturated heterocycles. The Morgan fingerprint density at radius 1 is 1.19 bits per heavy atom.